The predicted octanol–water partition coefficient (Wildman–Crippen LogP) is 2.47. The molecule has 0 aromatic rings. The first kappa shape index (κ1) is 19.2. The number of thiol groups is 1. The summed E-state index contributed by atoms with van der Waals surface area (Å²) >= 11 is 3.92. The second kappa shape index (κ2) is 7.60. The van der Waals surface area contributed by atoms with Gasteiger partial charge >= 0.3 is 0 Å². The zero-order valence-electron chi connectivity index (χ0n) is 12.6. The van der Waals surface area contributed by atoms with Gasteiger partial charge in [0.15, 0.2) is 5.78 Å². The van der Waals surface area contributed by atoms with Crippen LogP contribution in [0.15, 0.2) is 11.3 Å². The van der Waals surface area contributed by atoms with Gasteiger partial charge in [-0.1, -0.05) is 20.3 Å². The van der Waals surface area contributed by atoms with E-state index >= 15 is 0 Å². The Balaban J connectivity index is 0.00000220. The third-order valence-corrected chi connectivity index (χ3v) is 4.69. The fraction of sp³-hybridized carbons (Fsp3) is 0.667. The maximum Gasteiger partial charge on any atom is 0.163 e. The van der Waals surface area contributed by atoms with Crippen molar-refractivity contribution in [3.8, 4) is 0 Å². The number of nitrogens with zero attached hydrogens (tertiary/aromatic N) is 1. The molecular formula is C15H21NO3SY-2. The van der Waals surface area contributed by atoms with Crippen LogP contribution in [0.25, 0.3) is 0 Å². The van der Waals surface area contributed by atoms with Crippen LogP contribution >= 0.6 is 12.9 Å². The summed E-state index contributed by atoms with van der Waals surface area (Å²) in [5.74, 6) is 0.974. The third-order valence-electron chi connectivity index (χ3n) is 4.47. The van der Waals surface area contributed by atoms with Crippen molar-refractivity contribution >= 4 is 25.1 Å². The molecule has 0 aromatic carbocycles. The quantitative estimate of drug-likeness (QED) is 0.462. The number of amides is 1. The molecule has 0 saturated carbocycles. The molecule has 2 unspecified atom stereocenters. The van der Waals surface area contributed by atoms with Crippen LogP contribution in [0.2, 0.25) is 0 Å². The molecule has 2 atom stereocenters. The van der Waals surface area contributed by atoms with Crippen molar-refractivity contribution in [1.82, 2.24) is 4.90 Å². The maximum atomic E-state index is 12.5. The number of carbonyl (C=O) groups is 1. The van der Waals surface area contributed by atoms with E-state index in [2.05, 4.69) is 19.8 Å². The van der Waals surface area contributed by atoms with Crippen LogP contribution in [-0.4, -0.2) is 29.7 Å². The fourth-order valence-corrected chi connectivity index (χ4v) is 3.67. The summed E-state index contributed by atoms with van der Waals surface area (Å²) in [5, 5.41) is 0. The molecule has 2 rings (SSSR count). The Labute approximate surface area is 157 Å². The smallest absolute Gasteiger partial charge is 0.163 e. The number of hydrogen-bond acceptors (Lipinski definition) is 4. The molecular weight excluding hydrogens is 363 g/mol. The Hall–Kier alpha value is 0.134. The van der Waals surface area contributed by atoms with E-state index in [4.69, 9.17) is 4.18 Å². The number of allylic oxidation sites excluding steroid dienone is 2. The Bertz CT molecular complexity index is 452. The molecule has 115 valence electrons. The van der Waals surface area contributed by atoms with Crippen LogP contribution in [0, 0.1) is 18.3 Å². The SMILES string of the molecule is [CH2-]C1CC2(CCN1[C-]=O)CC(=O)C(C(C)C)=C(OS)C2.[Y]. The molecule has 6 heteroatoms. The van der Waals surface area contributed by atoms with Crippen molar-refractivity contribution in [2.45, 2.75) is 45.6 Å². The monoisotopic (exact) mass is 384 g/mol. The predicted molar refractivity (Wildman–Crippen MR) is 79.4 cm³/mol. The van der Waals surface area contributed by atoms with E-state index in [0.29, 0.717) is 31.6 Å². The molecule has 0 N–H and O–H groups in total. The first-order valence-electron chi connectivity index (χ1n) is 6.97. The Morgan fingerprint density at radius 2 is 2.14 bits per heavy atom. The normalized spacial score (nSPS) is 29.7. The molecule has 1 aliphatic carbocycles. The van der Waals surface area contributed by atoms with Gasteiger partial charge in [0.05, 0.1) is 0 Å². The van der Waals surface area contributed by atoms with E-state index in [9.17, 15) is 9.59 Å². The van der Waals surface area contributed by atoms with Gasteiger partial charge in [0.1, 0.15) is 5.76 Å². The number of rotatable bonds is 3. The summed E-state index contributed by atoms with van der Waals surface area (Å²) in [4.78, 5) is 24.9. The van der Waals surface area contributed by atoms with Crippen molar-refractivity contribution < 1.29 is 46.5 Å². The van der Waals surface area contributed by atoms with Gasteiger partial charge in [0.25, 0.3) is 0 Å². The summed E-state index contributed by atoms with van der Waals surface area (Å²) in [5.41, 5.74) is 0.614. The Morgan fingerprint density at radius 3 is 2.62 bits per heavy atom. The summed E-state index contributed by atoms with van der Waals surface area (Å²) < 4.78 is 5.19. The van der Waals surface area contributed by atoms with Gasteiger partial charge in [-0.15, -0.1) is 6.04 Å². The van der Waals surface area contributed by atoms with Gasteiger partial charge in [-0.2, -0.15) is 6.41 Å². The van der Waals surface area contributed by atoms with E-state index in [1.807, 2.05) is 20.3 Å². The standard InChI is InChI=1S/C15H21NO3S.Y/c1-10(2)14-12(18)7-15(8-13(14)19-20)4-5-16(9-17)11(3)6-15;/h10-11,20H,3-8H2,1-2H3;/q-2;. The molecule has 1 spiro atoms. The molecule has 0 aromatic heterocycles. The molecule has 1 aliphatic heterocycles. The number of likely N-dealkylation sites (tertiary alicyclic amines) is 1. The first-order valence-corrected chi connectivity index (χ1v) is 7.34. The molecule has 1 amide bonds. The summed E-state index contributed by atoms with van der Waals surface area (Å²) in [7, 11) is 0. The fourth-order valence-electron chi connectivity index (χ4n) is 3.51. The van der Waals surface area contributed by atoms with Gasteiger partial charge in [0, 0.05) is 64.0 Å². The van der Waals surface area contributed by atoms with Crippen molar-refractivity contribution in [3.63, 3.8) is 0 Å². The minimum Gasteiger partial charge on any atom is -0.539 e. The van der Waals surface area contributed by atoms with E-state index in [1.54, 1.807) is 4.90 Å². The Morgan fingerprint density at radius 1 is 1.48 bits per heavy atom. The molecule has 1 fully saturated rings. The van der Waals surface area contributed by atoms with Crippen LogP contribution in [0.5, 0.6) is 0 Å². The van der Waals surface area contributed by atoms with Crippen molar-refractivity contribution in [2.24, 2.45) is 11.3 Å². The maximum absolute atomic E-state index is 12.5. The van der Waals surface area contributed by atoms with Crippen LogP contribution < -0.4 is 0 Å². The average molecular weight is 384 g/mol. The van der Waals surface area contributed by atoms with Crippen LogP contribution in [0.4, 0.5) is 0 Å². The number of ketones is 1. The van der Waals surface area contributed by atoms with Crippen LogP contribution in [-0.2, 0) is 46.5 Å². The van der Waals surface area contributed by atoms with Crippen LogP contribution in [0.3, 0.4) is 0 Å². The topological polar surface area (TPSA) is 46.6 Å². The van der Waals surface area contributed by atoms with Crippen molar-refractivity contribution in [2.75, 3.05) is 6.54 Å². The van der Waals surface area contributed by atoms with Crippen LogP contribution in [0.1, 0.15) is 39.5 Å². The van der Waals surface area contributed by atoms with Crippen molar-refractivity contribution in [1.29, 1.82) is 0 Å². The largest absolute Gasteiger partial charge is 0.539 e. The van der Waals surface area contributed by atoms with Crippen molar-refractivity contribution in [3.05, 3.63) is 18.3 Å². The minimum absolute atomic E-state index is 0. The van der Waals surface area contributed by atoms with Gasteiger partial charge in [-0.05, 0) is 24.3 Å². The minimum atomic E-state index is -0.146. The Kier molecular flexibility index (Phi) is 6.95. The summed E-state index contributed by atoms with van der Waals surface area (Å²) in [6.07, 6.45) is 4.63. The van der Waals surface area contributed by atoms with E-state index in [-0.39, 0.29) is 55.9 Å². The number of Topliss-reactive ketones (excluding diaryl/α,β-unsaturated/α-hetero) is 1. The van der Waals surface area contributed by atoms with Gasteiger partial charge in [0.2, 0.25) is 0 Å². The van der Waals surface area contributed by atoms with E-state index in [1.165, 1.54) is 0 Å². The second-order valence-electron chi connectivity index (χ2n) is 6.25. The molecule has 21 heavy (non-hydrogen) atoms. The molecule has 2 aliphatic rings. The molecule has 0 bridgehead atoms. The van der Waals surface area contributed by atoms with Gasteiger partial charge in [-0.25, -0.2) is 0 Å². The molecule has 1 saturated heterocycles. The molecule has 4 nitrogen and oxygen atoms in total. The number of hydrogen-bond donors (Lipinski definition) is 1. The zero-order chi connectivity index (χ0) is 14.9. The van der Waals surface area contributed by atoms with E-state index in [0.717, 1.165) is 12.0 Å². The van der Waals surface area contributed by atoms with Gasteiger partial charge in [-0.3, -0.25) is 4.79 Å². The number of piperidine rings is 1. The second-order valence-corrected chi connectivity index (χ2v) is 6.43. The molecule has 1 radical (unpaired) electrons. The third kappa shape index (κ3) is 3.91. The molecule has 1 heterocycles. The summed E-state index contributed by atoms with van der Waals surface area (Å²) in [6, 6.07) is -0.129. The average Bonchev–Trinajstić information content (AvgIpc) is 2.37. The van der Waals surface area contributed by atoms with Gasteiger partial charge < -0.3 is 20.8 Å². The van der Waals surface area contributed by atoms with E-state index < -0.39 is 0 Å². The first-order chi connectivity index (χ1) is 9.42. The summed E-state index contributed by atoms with van der Waals surface area (Å²) in [6.45, 7) is 8.59. The number of carbonyl (C=O) groups excluding carboxylic acids is 2. The zero-order valence-corrected chi connectivity index (χ0v) is 16.3.